The van der Waals surface area contributed by atoms with Crippen molar-refractivity contribution in [2.75, 3.05) is 18.1 Å². The summed E-state index contributed by atoms with van der Waals surface area (Å²) in [4.78, 5) is 26.8. The highest BCUT2D eigenvalue weighted by Gasteiger charge is 2.44. The van der Waals surface area contributed by atoms with Crippen LogP contribution in [0.25, 0.3) is 0 Å². The van der Waals surface area contributed by atoms with Crippen molar-refractivity contribution >= 4 is 17.5 Å². The SMILES string of the molecule is CCc1ccccc1N1CC(C(=O)NC(C)(CO)C2CC2)CC1=O. The molecule has 5 nitrogen and oxygen atoms in total. The topological polar surface area (TPSA) is 69.6 Å². The average molecular weight is 330 g/mol. The van der Waals surface area contributed by atoms with Gasteiger partial charge < -0.3 is 15.3 Å². The maximum atomic E-state index is 12.6. The van der Waals surface area contributed by atoms with Crippen LogP contribution in [0.15, 0.2) is 24.3 Å². The lowest BCUT2D eigenvalue weighted by Crippen LogP contribution is -2.52. The van der Waals surface area contributed by atoms with E-state index < -0.39 is 5.54 Å². The molecule has 3 rings (SSSR count). The number of nitrogens with one attached hydrogen (secondary N) is 1. The quantitative estimate of drug-likeness (QED) is 0.837. The maximum absolute atomic E-state index is 12.6. The Morgan fingerprint density at radius 1 is 1.38 bits per heavy atom. The van der Waals surface area contributed by atoms with Crippen molar-refractivity contribution in [3.8, 4) is 0 Å². The largest absolute Gasteiger partial charge is 0.394 e. The number of nitrogens with zero attached hydrogens (tertiary/aromatic N) is 1. The van der Waals surface area contributed by atoms with Crippen molar-refractivity contribution in [2.24, 2.45) is 11.8 Å². The zero-order valence-electron chi connectivity index (χ0n) is 14.4. The van der Waals surface area contributed by atoms with Crippen molar-refractivity contribution in [1.29, 1.82) is 0 Å². The normalized spacial score (nSPS) is 23.2. The molecule has 5 heteroatoms. The van der Waals surface area contributed by atoms with Gasteiger partial charge in [-0.15, -0.1) is 0 Å². The van der Waals surface area contributed by atoms with Gasteiger partial charge in [-0.25, -0.2) is 0 Å². The predicted octanol–water partition coefficient (Wildman–Crippen LogP) is 1.88. The summed E-state index contributed by atoms with van der Waals surface area (Å²) >= 11 is 0. The minimum absolute atomic E-state index is 0.00632. The Labute approximate surface area is 143 Å². The molecular weight excluding hydrogens is 304 g/mol. The van der Waals surface area contributed by atoms with E-state index in [1.807, 2.05) is 31.2 Å². The zero-order chi connectivity index (χ0) is 17.3. The number of carbonyl (C=O) groups excluding carboxylic acids is 2. The van der Waals surface area contributed by atoms with E-state index in [1.54, 1.807) is 4.90 Å². The molecule has 1 aliphatic carbocycles. The van der Waals surface area contributed by atoms with Crippen LogP contribution in [-0.2, 0) is 16.0 Å². The van der Waals surface area contributed by atoms with Crippen LogP contribution in [0, 0.1) is 11.8 Å². The number of anilines is 1. The van der Waals surface area contributed by atoms with Crippen LogP contribution in [0.2, 0.25) is 0 Å². The number of hydrogen-bond acceptors (Lipinski definition) is 3. The Kier molecular flexibility index (Phi) is 4.63. The first-order valence-corrected chi connectivity index (χ1v) is 8.79. The van der Waals surface area contributed by atoms with Crippen LogP contribution < -0.4 is 10.2 Å². The van der Waals surface area contributed by atoms with Gasteiger partial charge in [-0.1, -0.05) is 25.1 Å². The number of para-hydroxylation sites is 1. The van der Waals surface area contributed by atoms with E-state index in [0.717, 1.165) is 30.5 Å². The van der Waals surface area contributed by atoms with Crippen molar-refractivity contribution in [2.45, 2.75) is 45.1 Å². The first-order valence-electron chi connectivity index (χ1n) is 8.79. The highest BCUT2D eigenvalue weighted by atomic mass is 16.3. The van der Waals surface area contributed by atoms with Gasteiger partial charge in [-0.2, -0.15) is 0 Å². The van der Waals surface area contributed by atoms with Crippen LogP contribution >= 0.6 is 0 Å². The molecule has 0 radical (unpaired) electrons. The molecule has 0 spiro atoms. The summed E-state index contributed by atoms with van der Waals surface area (Å²) in [6, 6.07) is 7.85. The molecule has 2 fully saturated rings. The molecule has 1 aromatic carbocycles. The third-order valence-electron chi connectivity index (χ3n) is 5.37. The lowest BCUT2D eigenvalue weighted by Gasteiger charge is -2.30. The molecule has 24 heavy (non-hydrogen) atoms. The summed E-state index contributed by atoms with van der Waals surface area (Å²) in [5.74, 6) is -0.135. The van der Waals surface area contributed by atoms with E-state index in [9.17, 15) is 14.7 Å². The minimum Gasteiger partial charge on any atom is -0.394 e. The third-order valence-corrected chi connectivity index (χ3v) is 5.37. The number of hydrogen-bond donors (Lipinski definition) is 2. The molecule has 2 N–H and O–H groups in total. The summed E-state index contributed by atoms with van der Waals surface area (Å²) < 4.78 is 0. The van der Waals surface area contributed by atoms with Gasteiger partial charge in [0.15, 0.2) is 0 Å². The van der Waals surface area contributed by atoms with Crippen LogP contribution in [0.1, 0.15) is 38.7 Å². The second-order valence-corrected chi connectivity index (χ2v) is 7.23. The number of benzene rings is 1. The molecule has 0 aromatic heterocycles. The number of amides is 2. The Hall–Kier alpha value is -1.88. The Bertz CT molecular complexity index is 641. The fourth-order valence-electron chi connectivity index (χ4n) is 3.56. The second-order valence-electron chi connectivity index (χ2n) is 7.23. The Morgan fingerprint density at radius 3 is 2.71 bits per heavy atom. The molecule has 1 aromatic rings. The molecule has 1 heterocycles. The van der Waals surface area contributed by atoms with E-state index in [-0.39, 0.29) is 30.8 Å². The second kappa shape index (κ2) is 6.55. The molecule has 1 saturated carbocycles. The van der Waals surface area contributed by atoms with Gasteiger partial charge >= 0.3 is 0 Å². The van der Waals surface area contributed by atoms with Gasteiger partial charge in [0.1, 0.15) is 0 Å². The van der Waals surface area contributed by atoms with Crippen LogP contribution in [-0.4, -0.2) is 35.6 Å². The fourth-order valence-corrected chi connectivity index (χ4v) is 3.56. The molecule has 2 unspecified atom stereocenters. The van der Waals surface area contributed by atoms with Crippen molar-refractivity contribution < 1.29 is 14.7 Å². The van der Waals surface area contributed by atoms with Crippen LogP contribution in [0.4, 0.5) is 5.69 Å². The number of carbonyl (C=O) groups is 2. The van der Waals surface area contributed by atoms with Gasteiger partial charge in [-0.05, 0) is 43.7 Å². The monoisotopic (exact) mass is 330 g/mol. The zero-order valence-corrected chi connectivity index (χ0v) is 14.4. The van der Waals surface area contributed by atoms with Gasteiger partial charge in [0.05, 0.1) is 18.1 Å². The Morgan fingerprint density at radius 2 is 2.08 bits per heavy atom. The number of rotatable bonds is 6. The highest BCUT2D eigenvalue weighted by molar-refractivity contribution is 6.00. The minimum atomic E-state index is -0.561. The fraction of sp³-hybridized carbons (Fsp3) is 0.579. The molecule has 1 saturated heterocycles. The predicted molar refractivity (Wildman–Crippen MR) is 92.6 cm³/mol. The van der Waals surface area contributed by atoms with E-state index in [4.69, 9.17) is 0 Å². The average Bonchev–Trinajstić information content (AvgIpc) is 3.38. The summed E-state index contributed by atoms with van der Waals surface area (Å²) in [5, 5.41) is 12.6. The lowest BCUT2D eigenvalue weighted by atomic mass is 9.95. The van der Waals surface area contributed by atoms with Crippen molar-refractivity contribution in [1.82, 2.24) is 5.32 Å². The van der Waals surface area contributed by atoms with E-state index in [2.05, 4.69) is 12.2 Å². The first-order chi connectivity index (χ1) is 11.5. The summed E-state index contributed by atoms with van der Waals surface area (Å²) in [7, 11) is 0. The third kappa shape index (κ3) is 3.18. The summed E-state index contributed by atoms with van der Waals surface area (Å²) in [6.07, 6.45) is 3.16. The van der Waals surface area contributed by atoms with Crippen molar-refractivity contribution in [3.63, 3.8) is 0 Å². The summed E-state index contributed by atoms with van der Waals surface area (Å²) in [6.45, 7) is 4.30. The molecule has 0 bridgehead atoms. The Balaban J connectivity index is 1.71. The molecule has 130 valence electrons. The molecule has 2 amide bonds. The molecule has 1 aliphatic heterocycles. The van der Waals surface area contributed by atoms with Crippen LogP contribution in [0.3, 0.4) is 0 Å². The van der Waals surface area contributed by atoms with Crippen LogP contribution in [0.5, 0.6) is 0 Å². The standard InChI is InChI=1S/C19H26N2O3/c1-3-13-6-4-5-7-16(13)21-11-14(10-17(21)23)18(24)20-19(2,12-22)15-8-9-15/h4-7,14-15,22H,3,8-12H2,1-2H3,(H,20,24). The van der Waals surface area contributed by atoms with E-state index in [1.165, 1.54) is 0 Å². The molecule has 2 atom stereocenters. The number of aliphatic hydroxyl groups is 1. The number of aliphatic hydroxyl groups excluding tert-OH is 1. The molecule has 2 aliphatic rings. The van der Waals surface area contributed by atoms with Gasteiger partial charge in [0.2, 0.25) is 11.8 Å². The highest BCUT2D eigenvalue weighted by Crippen LogP contribution is 2.39. The van der Waals surface area contributed by atoms with Gasteiger partial charge in [0, 0.05) is 18.7 Å². The van der Waals surface area contributed by atoms with E-state index >= 15 is 0 Å². The maximum Gasteiger partial charge on any atom is 0.227 e. The first kappa shape index (κ1) is 17.0. The van der Waals surface area contributed by atoms with Gasteiger partial charge in [-0.3, -0.25) is 9.59 Å². The molecular formula is C19H26N2O3. The summed E-state index contributed by atoms with van der Waals surface area (Å²) in [5.41, 5.74) is 1.46. The smallest absolute Gasteiger partial charge is 0.227 e. The van der Waals surface area contributed by atoms with E-state index in [0.29, 0.717) is 12.5 Å². The van der Waals surface area contributed by atoms with Gasteiger partial charge in [0.25, 0.3) is 0 Å². The van der Waals surface area contributed by atoms with Crippen molar-refractivity contribution in [3.05, 3.63) is 29.8 Å². The number of aryl methyl sites for hydroxylation is 1. The lowest BCUT2D eigenvalue weighted by molar-refractivity contribution is -0.128.